The number of hydrogen-bond donors (Lipinski definition) is 1. The smallest absolute Gasteiger partial charge is 0.227 e. The fraction of sp³-hybridized carbons (Fsp3) is 0.133. The van der Waals surface area contributed by atoms with Crippen LogP contribution in [0.3, 0.4) is 0 Å². The molecule has 4 nitrogen and oxygen atoms in total. The first kappa shape index (κ1) is 11.6. The molecule has 19 heavy (non-hydrogen) atoms. The zero-order valence-electron chi connectivity index (χ0n) is 10.8. The SMILES string of the molecule is COc1ccc2nc(-c3cc(N)ccc3C)oc2c1. The number of rotatable bonds is 2. The molecule has 0 aliphatic rings. The number of hydrogen-bond acceptors (Lipinski definition) is 4. The molecule has 2 aromatic carbocycles. The van der Waals surface area contributed by atoms with Gasteiger partial charge < -0.3 is 14.9 Å². The second-order valence-electron chi connectivity index (χ2n) is 4.43. The summed E-state index contributed by atoms with van der Waals surface area (Å²) in [6.45, 7) is 2.00. The third kappa shape index (κ3) is 2.01. The minimum atomic E-state index is 0.577. The molecule has 2 N–H and O–H groups in total. The quantitative estimate of drug-likeness (QED) is 0.712. The number of nitrogen functional groups attached to an aromatic ring is 1. The highest BCUT2D eigenvalue weighted by molar-refractivity contribution is 5.78. The molecule has 0 aliphatic carbocycles. The van der Waals surface area contributed by atoms with Gasteiger partial charge in [0.25, 0.3) is 0 Å². The van der Waals surface area contributed by atoms with Gasteiger partial charge in [-0.3, -0.25) is 0 Å². The maximum atomic E-state index is 5.82. The van der Waals surface area contributed by atoms with Gasteiger partial charge in [-0.25, -0.2) is 4.98 Å². The molecule has 3 rings (SSSR count). The molecule has 0 unspecified atom stereocenters. The molecule has 0 fully saturated rings. The highest BCUT2D eigenvalue weighted by Crippen LogP contribution is 2.29. The molecule has 1 aromatic heterocycles. The van der Waals surface area contributed by atoms with Crippen LogP contribution in [0, 0.1) is 6.92 Å². The summed E-state index contributed by atoms with van der Waals surface area (Å²) in [6.07, 6.45) is 0. The van der Waals surface area contributed by atoms with Crippen LogP contribution >= 0.6 is 0 Å². The van der Waals surface area contributed by atoms with E-state index in [1.54, 1.807) is 7.11 Å². The molecular weight excluding hydrogens is 240 g/mol. The number of aromatic nitrogens is 1. The molecule has 0 aliphatic heterocycles. The van der Waals surface area contributed by atoms with E-state index in [9.17, 15) is 0 Å². The maximum Gasteiger partial charge on any atom is 0.227 e. The molecule has 0 amide bonds. The zero-order valence-corrected chi connectivity index (χ0v) is 10.8. The third-order valence-corrected chi connectivity index (χ3v) is 3.09. The van der Waals surface area contributed by atoms with E-state index in [0.29, 0.717) is 17.2 Å². The van der Waals surface area contributed by atoms with Gasteiger partial charge in [-0.1, -0.05) is 6.07 Å². The van der Waals surface area contributed by atoms with Gasteiger partial charge in [0.05, 0.1) is 7.11 Å². The average molecular weight is 254 g/mol. The molecule has 0 saturated carbocycles. The number of methoxy groups -OCH3 is 1. The minimum Gasteiger partial charge on any atom is -0.497 e. The van der Waals surface area contributed by atoms with Crippen molar-refractivity contribution >= 4 is 16.8 Å². The minimum absolute atomic E-state index is 0.577. The lowest BCUT2D eigenvalue weighted by atomic mass is 10.1. The summed E-state index contributed by atoms with van der Waals surface area (Å²) in [7, 11) is 1.63. The van der Waals surface area contributed by atoms with Crippen molar-refractivity contribution in [3.05, 3.63) is 42.0 Å². The van der Waals surface area contributed by atoms with Gasteiger partial charge in [0.2, 0.25) is 5.89 Å². The Hall–Kier alpha value is -2.49. The van der Waals surface area contributed by atoms with Crippen molar-refractivity contribution in [1.29, 1.82) is 0 Å². The summed E-state index contributed by atoms with van der Waals surface area (Å²) >= 11 is 0. The van der Waals surface area contributed by atoms with Crippen LogP contribution in [0.5, 0.6) is 5.75 Å². The van der Waals surface area contributed by atoms with E-state index in [-0.39, 0.29) is 0 Å². The monoisotopic (exact) mass is 254 g/mol. The maximum absolute atomic E-state index is 5.82. The average Bonchev–Trinajstić information content (AvgIpc) is 2.83. The van der Waals surface area contributed by atoms with Crippen LogP contribution < -0.4 is 10.5 Å². The van der Waals surface area contributed by atoms with Crippen LogP contribution in [-0.4, -0.2) is 12.1 Å². The molecule has 0 bridgehead atoms. The summed E-state index contributed by atoms with van der Waals surface area (Å²) in [5.74, 6) is 1.33. The molecule has 96 valence electrons. The summed E-state index contributed by atoms with van der Waals surface area (Å²) < 4.78 is 11.0. The standard InChI is InChI=1S/C15H14N2O2/c1-9-3-4-10(16)7-12(9)15-17-13-6-5-11(18-2)8-14(13)19-15/h3-8H,16H2,1-2H3. The number of nitrogens with two attached hydrogens (primary N) is 1. The Labute approximate surface area is 110 Å². The first-order chi connectivity index (χ1) is 9.17. The second kappa shape index (κ2) is 4.31. The van der Waals surface area contributed by atoms with Gasteiger partial charge in [-0.15, -0.1) is 0 Å². The van der Waals surface area contributed by atoms with E-state index in [1.807, 2.05) is 43.3 Å². The first-order valence-corrected chi connectivity index (χ1v) is 5.98. The molecule has 0 radical (unpaired) electrons. The fourth-order valence-electron chi connectivity index (χ4n) is 2.02. The van der Waals surface area contributed by atoms with E-state index < -0.39 is 0 Å². The molecule has 4 heteroatoms. The summed E-state index contributed by atoms with van der Waals surface area (Å²) in [4.78, 5) is 4.48. The predicted octanol–water partition coefficient (Wildman–Crippen LogP) is 3.39. The van der Waals surface area contributed by atoms with E-state index in [0.717, 1.165) is 22.4 Å². The first-order valence-electron chi connectivity index (χ1n) is 5.98. The Bertz CT molecular complexity index is 747. The number of benzene rings is 2. The van der Waals surface area contributed by atoms with Crippen molar-refractivity contribution in [3.63, 3.8) is 0 Å². The van der Waals surface area contributed by atoms with Gasteiger partial charge in [0, 0.05) is 17.3 Å². The number of aryl methyl sites for hydroxylation is 1. The van der Waals surface area contributed by atoms with Gasteiger partial charge in [-0.05, 0) is 36.8 Å². The van der Waals surface area contributed by atoms with Crippen LogP contribution in [0.15, 0.2) is 40.8 Å². The number of anilines is 1. The third-order valence-electron chi connectivity index (χ3n) is 3.09. The van der Waals surface area contributed by atoms with E-state index in [2.05, 4.69) is 4.98 Å². The molecular formula is C15H14N2O2. The Morgan fingerprint density at radius 2 is 2.00 bits per heavy atom. The van der Waals surface area contributed by atoms with Crippen LogP contribution in [0.25, 0.3) is 22.6 Å². The topological polar surface area (TPSA) is 61.3 Å². The molecule has 0 atom stereocenters. The van der Waals surface area contributed by atoms with Crippen LogP contribution in [-0.2, 0) is 0 Å². The fourth-order valence-corrected chi connectivity index (χ4v) is 2.02. The van der Waals surface area contributed by atoms with Crippen LogP contribution in [0.2, 0.25) is 0 Å². The van der Waals surface area contributed by atoms with Crippen molar-refractivity contribution in [2.75, 3.05) is 12.8 Å². The lowest BCUT2D eigenvalue weighted by Crippen LogP contribution is -1.88. The number of nitrogens with zero attached hydrogens (tertiary/aromatic N) is 1. The Morgan fingerprint density at radius 1 is 1.16 bits per heavy atom. The van der Waals surface area contributed by atoms with Gasteiger partial charge in [0.1, 0.15) is 11.3 Å². The van der Waals surface area contributed by atoms with Crippen molar-refractivity contribution in [3.8, 4) is 17.2 Å². The Morgan fingerprint density at radius 3 is 2.79 bits per heavy atom. The Balaban J connectivity index is 2.17. The van der Waals surface area contributed by atoms with Crippen LogP contribution in [0.4, 0.5) is 5.69 Å². The van der Waals surface area contributed by atoms with Crippen molar-refractivity contribution in [2.24, 2.45) is 0 Å². The highest BCUT2D eigenvalue weighted by atomic mass is 16.5. The summed E-state index contributed by atoms with van der Waals surface area (Å²) in [6, 6.07) is 11.3. The second-order valence-corrected chi connectivity index (χ2v) is 4.43. The van der Waals surface area contributed by atoms with Gasteiger partial charge >= 0.3 is 0 Å². The van der Waals surface area contributed by atoms with E-state index in [1.165, 1.54) is 0 Å². The Kier molecular flexibility index (Phi) is 2.63. The molecule has 0 saturated heterocycles. The number of oxazole rings is 1. The predicted molar refractivity (Wildman–Crippen MR) is 75.1 cm³/mol. The lowest BCUT2D eigenvalue weighted by molar-refractivity contribution is 0.414. The van der Waals surface area contributed by atoms with E-state index in [4.69, 9.17) is 14.9 Å². The van der Waals surface area contributed by atoms with E-state index >= 15 is 0 Å². The zero-order chi connectivity index (χ0) is 13.4. The highest BCUT2D eigenvalue weighted by Gasteiger charge is 2.11. The number of ether oxygens (including phenoxy) is 1. The summed E-state index contributed by atoms with van der Waals surface area (Å²) in [5.41, 5.74) is 10.0. The number of fused-ring (bicyclic) bond motifs is 1. The molecule has 0 spiro atoms. The van der Waals surface area contributed by atoms with Gasteiger partial charge in [0.15, 0.2) is 5.58 Å². The molecule has 3 aromatic rings. The summed E-state index contributed by atoms with van der Waals surface area (Å²) in [5, 5.41) is 0. The lowest BCUT2D eigenvalue weighted by Gasteiger charge is -2.02. The van der Waals surface area contributed by atoms with Crippen LogP contribution in [0.1, 0.15) is 5.56 Å². The van der Waals surface area contributed by atoms with Crippen molar-refractivity contribution in [2.45, 2.75) is 6.92 Å². The van der Waals surface area contributed by atoms with Gasteiger partial charge in [-0.2, -0.15) is 0 Å². The normalized spacial score (nSPS) is 10.8. The molecule has 1 heterocycles. The van der Waals surface area contributed by atoms with Crippen molar-refractivity contribution < 1.29 is 9.15 Å². The van der Waals surface area contributed by atoms with Crippen molar-refractivity contribution in [1.82, 2.24) is 4.98 Å². The largest absolute Gasteiger partial charge is 0.497 e.